The molecule has 0 aromatic rings. The molecule has 3 N–H and O–H groups in total. The molecule has 192 valence electrons. The normalized spacial score (nSPS) is 55.9. The van der Waals surface area contributed by atoms with Gasteiger partial charge in [-0.15, -0.1) is 0 Å². The van der Waals surface area contributed by atoms with Crippen LogP contribution in [0.25, 0.3) is 0 Å². The van der Waals surface area contributed by atoms with Crippen LogP contribution < -0.4 is 0 Å². The monoisotopic (exact) mass is 472 g/mol. The first-order valence-corrected chi connectivity index (χ1v) is 13.9. The van der Waals surface area contributed by atoms with Crippen LogP contribution in [-0.4, -0.2) is 33.5 Å². The minimum atomic E-state index is -0.669. The summed E-state index contributed by atoms with van der Waals surface area (Å²) >= 11 is 0. The molecule has 0 heterocycles. The van der Waals surface area contributed by atoms with Gasteiger partial charge < -0.3 is 15.3 Å². The van der Waals surface area contributed by atoms with Crippen molar-refractivity contribution >= 4 is 5.97 Å². The zero-order valence-electron chi connectivity index (χ0n) is 22.4. The zero-order chi connectivity index (χ0) is 25.1. The maximum Gasteiger partial charge on any atom is 0.309 e. The van der Waals surface area contributed by atoms with E-state index in [9.17, 15) is 20.1 Å². The molecule has 0 amide bonds. The molecular formula is C30H48O4. The maximum absolute atomic E-state index is 12.8. The molecule has 0 bridgehead atoms. The lowest BCUT2D eigenvalue weighted by Crippen LogP contribution is -2.68. The summed E-state index contributed by atoms with van der Waals surface area (Å²) in [5.74, 6) is 1.24. The highest BCUT2D eigenvalue weighted by Gasteiger charge is 2.72. The molecule has 2 unspecified atom stereocenters. The third-order valence-corrected chi connectivity index (χ3v) is 13.4. The topological polar surface area (TPSA) is 77.8 Å². The summed E-state index contributed by atoms with van der Waals surface area (Å²) in [6.07, 6.45) is 7.32. The van der Waals surface area contributed by atoms with Crippen LogP contribution in [0.15, 0.2) is 12.2 Å². The lowest BCUT2D eigenvalue weighted by Gasteiger charge is -2.73. The van der Waals surface area contributed by atoms with Crippen LogP contribution in [-0.2, 0) is 4.79 Å². The molecule has 0 spiro atoms. The van der Waals surface area contributed by atoms with Gasteiger partial charge in [-0.2, -0.15) is 0 Å². The highest BCUT2D eigenvalue weighted by Crippen LogP contribution is 2.77. The number of carboxylic acid groups (broad SMARTS) is 1. The number of aliphatic hydroxyl groups is 2. The van der Waals surface area contributed by atoms with Crippen molar-refractivity contribution in [3.63, 3.8) is 0 Å². The maximum atomic E-state index is 12.8. The van der Waals surface area contributed by atoms with Gasteiger partial charge in [0.1, 0.15) is 0 Å². The Balaban J connectivity index is 1.57. The predicted octanol–water partition coefficient (Wildman–Crippen LogP) is 6.06. The third kappa shape index (κ3) is 2.76. The highest BCUT2D eigenvalue weighted by molar-refractivity contribution is 5.76. The Bertz CT molecular complexity index is 894. The summed E-state index contributed by atoms with van der Waals surface area (Å²) in [7, 11) is 0. The van der Waals surface area contributed by atoms with Crippen molar-refractivity contribution in [2.75, 3.05) is 0 Å². The van der Waals surface area contributed by atoms with Crippen molar-refractivity contribution in [2.24, 2.45) is 56.7 Å². The molecule has 0 radical (unpaired) electrons. The van der Waals surface area contributed by atoms with Gasteiger partial charge in [0, 0.05) is 0 Å². The van der Waals surface area contributed by atoms with Gasteiger partial charge in [0.05, 0.1) is 17.6 Å². The van der Waals surface area contributed by atoms with E-state index in [1.54, 1.807) is 0 Å². The smallest absolute Gasteiger partial charge is 0.309 e. The van der Waals surface area contributed by atoms with Crippen LogP contribution >= 0.6 is 0 Å². The summed E-state index contributed by atoms with van der Waals surface area (Å²) in [5.41, 5.74) is 0.501. The number of rotatable bonds is 2. The zero-order valence-corrected chi connectivity index (χ0v) is 22.4. The van der Waals surface area contributed by atoms with Crippen LogP contribution in [0.4, 0.5) is 0 Å². The molecular weight excluding hydrogens is 424 g/mol. The van der Waals surface area contributed by atoms with E-state index >= 15 is 0 Å². The molecule has 5 rings (SSSR count). The second kappa shape index (κ2) is 7.34. The summed E-state index contributed by atoms with van der Waals surface area (Å²) < 4.78 is 0. The Labute approximate surface area is 206 Å². The quantitative estimate of drug-likeness (QED) is 0.427. The predicted molar refractivity (Wildman–Crippen MR) is 134 cm³/mol. The number of fused-ring (bicyclic) bond motifs is 7. The van der Waals surface area contributed by atoms with Crippen LogP contribution in [0.1, 0.15) is 99.3 Å². The molecule has 5 fully saturated rings. The Hall–Kier alpha value is -0.870. The fourth-order valence-electron chi connectivity index (χ4n) is 11.7. The molecule has 0 aliphatic heterocycles. The van der Waals surface area contributed by atoms with Crippen molar-refractivity contribution < 1.29 is 20.1 Å². The number of carbonyl (C=O) groups is 1. The molecule has 0 aromatic heterocycles. The van der Waals surface area contributed by atoms with E-state index in [2.05, 4.69) is 48.1 Å². The van der Waals surface area contributed by atoms with Gasteiger partial charge in [-0.05, 0) is 116 Å². The molecule has 4 heteroatoms. The molecule has 5 aliphatic rings. The van der Waals surface area contributed by atoms with E-state index < -0.39 is 23.6 Å². The van der Waals surface area contributed by atoms with Gasteiger partial charge in [0.15, 0.2) is 0 Å². The van der Waals surface area contributed by atoms with Crippen molar-refractivity contribution in [1.82, 2.24) is 0 Å². The Morgan fingerprint density at radius 3 is 2.15 bits per heavy atom. The second-order valence-corrected chi connectivity index (χ2v) is 14.7. The van der Waals surface area contributed by atoms with E-state index in [-0.39, 0.29) is 27.6 Å². The van der Waals surface area contributed by atoms with E-state index in [0.29, 0.717) is 30.1 Å². The lowest BCUT2D eigenvalue weighted by molar-refractivity contribution is -0.263. The van der Waals surface area contributed by atoms with Crippen LogP contribution in [0.2, 0.25) is 0 Å². The third-order valence-electron chi connectivity index (χ3n) is 13.4. The Morgan fingerprint density at radius 1 is 0.853 bits per heavy atom. The number of hydrogen-bond acceptors (Lipinski definition) is 3. The Kier molecular flexibility index (Phi) is 5.36. The van der Waals surface area contributed by atoms with E-state index in [1.807, 2.05) is 0 Å². The highest BCUT2D eigenvalue weighted by atomic mass is 16.4. The van der Waals surface area contributed by atoms with E-state index in [0.717, 1.165) is 51.4 Å². The first kappa shape index (κ1) is 24.8. The number of aliphatic hydroxyl groups excluding tert-OH is 2. The molecule has 5 saturated carbocycles. The van der Waals surface area contributed by atoms with Crippen LogP contribution in [0, 0.1) is 56.7 Å². The average molecular weight is 473 g/mol. The van der Waals surface area contributed by atoms with Crippen molar-refractivity contribution in [1.29, 1.82) is 0 Å². The molecule has 4 nitrogen and oxygen atoms in total. The number of aliphatic carboxylic acids is 1. The molecule has 34 heavy (non-hydrogen) atoms. The minimum Gasteiger partial charge on any atom is -0.481 e. The summed E-state index contributed by atoms with van der Waals surface area (Å²) in [6.45, 7) is 18.2. The molecule has 0 saturated heterocycles. The fourth-order valence-corrected chi connectivity index (χ4v) is 11.7. The van der Waals surface area contributed by atoms with Crippen molar-refractivity contribution in [3.8, 4) is 0 Å². The lowest BCUT2D eigenvalue weighted by atomic mass is 9.32. The standard InChI is InChI=1S/C30H48O4/c1-17(2)18-10-13-30(25(33)34)15-14-28(6)19(23(18)30)8-9-22-27(5)16-20(31)24(32)26(3,4)21(27)11-12-29(22,28)7/h18-24,31-32H,1,8-16H2,2-7H3,(H,33,34)/t18-,19+,20?,21-,22+,23+,24?,27-,28+,29+,30-/m0/s1. The summed E-state index contributed by atoms with van der Waals surface area (Å²) in [4.78, 5) is 12.8. The average Bonchev–Trinajstić information content (AvgIpc) is 3.14. The SMILES string of the molecule is C=C(C)[C@@H]1CC[C@]2(C(=O)O)CC[C@]3(C)[C@H](CC[C@@H]4[C@@]5(C)CC(O)C(O)C(C)(C)[C@@H]5CC[C@]43C)[C@@H]12. The fraction of sp³-hybridized carbons (Fsp3) is 0.900. The summed E-state index contributed by atoms with van der Waals surface area (Å²) in [5, 5.41) is 32.4. The van der Waals surface area contributed by atoms with Gasteiger partial charge in [0.25, 0.3) is 0 Å². The number of carboxylic acids is 1. The first-order valence-electron chi connectivity index (χ1n) is 13.9. The minimum absolute atomic E-state index is 0.00606. The Morgan fingerprint density at radius 2 is 1.53 bits per heavy atom. The van der Waals surface area contributed by atoms with Gasteiger partial charge in [-0.1, -0.05) is 46.8 Å². The van der Waals surface area contributed by atoms with Crippen LogP contribution in [0.5, 0.6) is 0 Å². The molecule has 0 aromatic carbocycles. The van der Waals surface area contributed by atoms with Gasteiger partial charge in [0.2, 0.25) is 0 Å². The largest absolute Gasteiger partial charge is 0.481 e. The number of allylic oxidation sites excluding steroid dienone is 1. The second-order valence-electron chi connectivity index (χ2n) is 14.7. The van der Waals surface area contributed by atoms with Crippen molar-refractivity contribution in [3.05, 3.63) is 12.2 Å². The van der Waals surface area contributed by atoms with E-state index in [1.165, 1.54) is 5.57 Å². The summed E-state index contributed by atoms with van der Waals surface area (Å²) in [6, 6.07) is 0. The molecule has 5 aliphatic carbocycles. The van der Waals surface area contributed by atoms with Gasteiger partial charge in [-0.3, -0.25) is 4.79 Å². The number of hydrogen-bond donors (Lipinski definition) is 3. The van der Waals surface area contributed by atoms with E-state index in [4.69, 9.17) is 0 Å². The first-order chi connectivity index (χ1) is 15.7. The van der Waals surface area contributed by atoms with Crippen LogP contribution in [0.3, 0.4) is 0 Å². The van der Waals surface area contributed by atoms with Crippen molar-refractivity contribution in [2.45, 2.75) is 112 Å². The van der Waals surface area contributed by atoms with Gasteiger partial charge >= 0.3 is 5.97 Å². The van der Waals surface area contributed by atoms with Gasteiger partial charge in [-0.25, -0.2) is 0 Å². The molecule has 11 atom stereocenters.